The molecule has 128 heavy (non-hydrogen) atoms. The van der Waals surface area contributed by atoms with Crippen LogP contribution < -0.4 is 52.1 Å². The number of ketones is 1. The van der Waals surface area contributed by atoms with Crippen LogP contribution in [0.1, 0.15) is 33.2 Å². The van der Waals surface area contributed by atoms with Gasteiger partial charge in [0, 0.05) is 40.3 Å². The topological polar surface area (TPSA) is 338 Å². The van der Waals surface area contributed by atoms with Gasteiger partial charge in [-0.05, 0) is 109 Å². The van der Waals surface area contributed by atoms with Gasteiger partial charge >= 0.3 is 0 Å². The van der Waals surface area contributed by atoms with Crippen LogP contribution in [0.2, 0.25) is 0 Å². The number of para-hydroxylation sites is 1. The van der Waals surface area contributed by atoms with Crippen LogP contribution in [0.4, 0.5) is 0 Å². The van der Waals surface area contributed by atoms with E-state index in [1.807, 2.05) is 213 Å². The van der Waals surface area contributed by atoms with Crippen molar-refractivity contribution in [1.29, 1.82) is 0 Å². The molecule has 0 saturated carbocycles. The quantitative estimate of drug-likeness (QED) is 0.0258. The molecule has 0 saturated heterocycles. The summed E-state index contributed by atoms with van der Waals surface area (Å²) in [5, 5.41) is 56.0. The summed E-state index contributed by atoms with van der Waals surface area (Å²) in [6.07, 6.45) is 0. The van der Waals surface area contributed by atoms with E-state index in [4.69, 9.17) is 91.7 Å². The second-order valence-corrected chi connectivity index (χ2v) is 25.1. The zero-order valence-electron chi connectivity index (χ0n) is 71.8. The Morgan fingerprint density at radius 1 is 0.320 bits per heavy atom. The molecule has 26 nitrogen and oxygen atoms in total. The summed E-state index contributed by atoms with van der Waals surface area (Å²) in [6.45, 7) is 3.29. The van der Waals surface area contributed by atoms with E-state index in [9.17, 15) is 24.9 Å². The Bertz CT molecular complexity index is 5720. The molecule has 672 valence electrons. The van der Waals surface area contributed by atoms with E-state index < -0.39 is 11.2 Å². The standard InChI is InChI=1S/2C15H11NO3.C15H13NO3.C15H14O4.C13H9NO3.C9H12O3.C7H5ClO.C2H4O2.5CH3I/c2*1-2-4-10(5-3-1)13-11-6-7-12-15(14(11)19-16-13)18-9-8-17-12;1-17-12-9-8-11-13(10-6-4-3-5-7-10)16-19-14(11)15(12)18-2;1-18-12-9-8-11(14(17)15(12)19-2)13(16)10-6-4-3-5-7-10;15-10-7-6-9-11(8-4-2-1-3-5-8)14-17-13(9)12(10)16;1-10-7-5-4-6-8(11-2)9(7)12-3;8-7(9)6-4-2-1-3-5-6;1-2(3)4;5*1-2/h2*1-7H,8-9H2;3-9H,1-2H3;3-9,17H,1-2H3;1-7,15-16H;4-6H,1-3H3;1-5H;1H3,(H,3,4);5*1H3. The van der Waals surface area contributed by atoms with E-state index in [0.29, 0.717) is 111 Å². The van der Waals surface area contributed by atoms with Crippen molar-refractivity contribution in [1.82, 2.24) is 20.6 Å². The van der Waals surface area contributed by atoms with Crippen LogP contribution in [0.5, 0.6) is 80.5 Å². The number of phenolic OH excluding ortho intramolecular Hbond substituents is 3. The third-order valence-corrected chi connectivity index (χ3v) is 17.7. The molecule has 4 aromatic heterocycles. The zero-order chi connectivity index (χ0) is 93.5. The first kappa shape index (κ1) is 105. The van der Waals surface area contributed by atoms with Gasteiger partial charge < -0.3 is 90.6 Å². The van der Waals surface area contributed by atoms with Gasteiger partial charge in [0.05, 0.1) is 76.9 Å². The second-order valence-electron chi connectivity index (χ2n) is 24.8. The Morgan fingerprint density at radius 2 is 0.617 bits per heavy atom. The predicted molar refractivity (Wildman–Crippen MR) is 543 cm³/mol. The highest BCUT2D eigenvalue weighted by Gasteiger charge is 2.26. The van der Waals surface area contributed by atoms with Gasteiger partial charge in [-0.3, -0.25) is 14.4 Å². The van der Waals surface area contributed by atoms with Gasteiger partial charge in [-0.1, -0.05) is 322 Å². The molecule has 16 aromatic rings. The van der Waals surface area contributed by atoms with Crippen molar-refractivity contribution < 1.29 is 105 Å². The summed E-state index contributed by atoms with van der Waals surface area (Å²) in [4.78, 5) is 41.5. The van der Waals surface area contributed by atoms with Crippen molar-refractivity contribution in [2.75, 3.05) is 101 Å². The second kappa shape index (κ2) is 57.3. The van der Waals surface area contributed by atoms with Crippen LogP contribution in [-0.4, -0.2) is 159 Å². The van der Waals surface area contributed by atoms with Gasteiger partial charge in [-0.25, -0.2) is 0 Å². The van der Waals surface area contributed by atoms with Gasteiger partial charge in [-0.2, -0.15) is 0 Å². The molecule has 0 radical (unpaired) electrons. The average Bonchev–Trinajstić information content (AvgIpc) is 1.63. The van der Waals surface area contributed by atoms with Crippen molar-refractivity contribution in [3.63, 3.8) is 0 Å². The fourth-order valence-electron chi connectivity index (χ4n) is 12.0. The van der Waals surface area contributed by atoms with Crippen molar-refractivity contribution in [3.05, 3.63) is 278 Å². The predicted octanol–water partition coefficient (Wildman–Crippen LogP) is 24.7. The monoisotopic (exact) mass is 2320 g/mol. The molecule has 6 heterocycles. The Balaban J connectivity index is 0.000000227. The molecule has 0 bridgehead atoms. The summed E-state index contributed by atoms with van der Waals surface area (Å²) < 4.78 is 79.7. The molecule has 4 N–H and O–H groups in total. The van der Waals surface area contributed by atoms with Crippen molar-refractivity contribution in [3.8, 4) is 126 Å². The molecule has 12 aromatic carbocycles. The zero-order valence-corrected chi connectivity index (χ0v) is 83.4. The summed E-state index contributed by atoms with van der Waals surface area (Å²) in [5.41, 5.74) is 10.4. The molecule has 0 atom stereocenters. The third kappa shape index (κ3) is 28.5. The van der Waals surface area contributed by atoms with Gasteiger partial charge in [0.15, 0.2) is 51.8 Å². The number of rotatable bonds is 14. The molecule has 0 unspecified atom stereocenters. The number of fused-ring (bicyclic) bond motifs is 8. The van der Waals surface area contributed by atoms with Crippen LogP contribution in [-0.2, 0) is 4.79 Å². The summed E-state index contributed by atoms with van der Waals surface area (Å²) >= 11 is 15.9. The van der Waals surface area contributed by atoms with Crippen LogP contribution >= 0.6 is 125 Å². The van der Waals surface area contributed by atoms with Crippen LogP contribution in [0.15, 0.2) is 279 Å². The maximum atomic E-state index is 12.3. The minimum absolute atomic E-state index is 0.157. The number of phenols is 3. The Hall–Kier alpha value is -11.5. The fourth-order valence-corrected chi connectivity index (χ4v) is 12.1. The molecule has 0 amide bonds. The van der Waals surface area contributed by atoms with E-state index in [2.05, 4.69) is 134 Å². The number of carbonyl (C=O) groups is 3. The lowest BCUT2D eigenvalue weighted by atomic mass is 10.0. The number of aromatic hydroxyl groups is 3. The maximum Gasteiger partial charge on any atom is 0.300 e. The number of nitrogens with zero attached hydrogens (tertiary/aromatic N) is 4. The van der Waals surface area contributed by atoms with E-state index in [-0.39, 0.29) is 39.9 Å². The van der Waals surface area contributed by atoms with E-state index in [1.54, 1.807) is 96.2 Å². The van der Waals surface area contributed by atoms with E-state index >= 15 is 0 Å². The lowest BCUT2D eigenvalue weighted by molar-refractivity contribution is -0.134. The van der Waals surface area contributed by atoms with Crippen LogP contribution in [0, 0.1) is 0 Å². The number of aromatic nitrogens is 4. The van der Waals surface area contributed by atoms with Crippen molar-refractivity contribution in [2.45, 2.75) is 6.92 Å². The number of alkyl halides is 5. The number of ether oxygens (including phenoxy) is 11. The largest absolute Gasteiger partial charge is 0.504 e. The average molecular weight is 2330 g/mol. The number of hydrogen-bond acceptors (Lipinski definition) is 25. The first-order valence-electron chi connectivity index (χ1n) is 38.0. The van der Waals surface area contributed by atoms with E-state index in [1.165, 1.54) is 26.4 Å². The van der Waals surface area contributed by atoms with Gasteiger partial charge in [0.2, 0.25) is 56.8 Å². The van der Waals surface area contributed by atoms with E-state index in [0.717, 1.165) is 73.9 Å². The summed E-state index contributed by atoms with van der Waals surface area (Å²) in [6, 6.07) is 80.0. The Labute approximate surface area is 814 Å². The number of methoxy groups -OCH3 is 7. The number of benzene rings is 12. The molecule has 0 spiro atoms. The van der Waals surface area contributed by atoms with Crippen LogP contribution in [0.3, 0.4) is 0 Å². The maximum absolute atomic E-state index is 12.3. The molecule has 2 aliphatic rings. The Kier molecular flexibility index (Phi) is 47.1. The summed E-state index contributed by atoms with van der Waals surface area (Å²) in [7, 11) is 10.8. The van der Waals surface area contributed by atoms with Crippen molar-refractivity contribution >= 4 is 185 Å². The number of halogens is 6. The SMILES string of the molecule is CC(=O)O.CI.CI.CI.CI.CI.COc1ccc(C(=O)c2ccccc2)c(O)c1OC.COc1ccc2c(-c3ccccc3)noc2c1OC.COc1cccc(OC)c1OC.O=C(Cl)c1ccccc1.Oc1ccc2c(-c3ccccc3)noc2c1O.c1ccc(-c2noc3c4c(ccc23)OCCO4)cc1.c1ccc(-c2noc3c4c(ccc23)OCCO4)cc1. The number of carbonyl (C=O) groups excluding carboxylic acids is 2. The molecule has 0 aliphatic carbocycles. The fraction of sp³-hybridized carbons (Fsp3) is 0.177. The van der Waals surface area contributed by atoms with Gasteiger partial charge in [0.25, 0.3) is 11.2 Å². The lowest BCUT2D eigenvalue weighted by Crippen LogP contribution is -2.15. The number of carboxylic acid groups (broad SMARTS) is 1. The molecule has 32 heteroatoms. The normalized spacial score (nSPS) is 10.5. The molecule has 18 rings (SSSR count). The number of carboxylic acids is 1. The first-order valence-corrected chi connectivity index (χ1v) is 49.2. The lowest BCUT2D eigenvalue weighted by Gasteiger charge is -2.17. The highest BCUT2D eigenvalue weighted by atomic mass is 127. The number of aliphatic carboxylic acids is 1. The Morgan fingerprint density at radius 3 is 0.977 bits per heavy atom. The minimum Gasteiger partial charge on any atom is -0.504 e. The smallest absolute Gasteiger partial charge is 0.300 e. The number of hydrogen-bond donors (Lipinski definition) is 4. The third-order valence-electron chi connectivity index (χ3n) is 17.4. The molecular formula is C96H94ClI5N4O22. The highest BCUT2D eigenvalue weighted by Crippen LogP contribution is 2.46. The molecule has 0 fully saturated rings. The van der Waals surface area contributed by atoms with Gasteiger partial charge in [0.1, 0.15) is 49.2 Å². The van der Waals surface area contributed by atoms with Gasteiger partial charge in [-0.15, -0.1) is 0 Å². The summed E-state index contributed by atoms with van der Waals surface area (Å²) in [5.74, 6) is 4.65. The molecule has 2 aliphatic heterocycles. The van der Waals surface area contributed by atoms with Crippen LogP contribution in [0.25, 0.3) is 88.9 Å². The molecular weight excluding hydrogens is 2230 g/mol. The highest BCUT2D eigenvalue weighted by molar-refractivity contribution is 14.1. The van der Waals surface area contributed by atoms with Crippen molar-refractivity contribution in [2.24, 2.45) is 0 Å². The first-order chi connectivity index (χ1) is 62.5. The minimum atomic E-state index is -0.833.